The number of carbonyl (C=O) groups is 4. The van der Waals surface area contributed by atoms with E-state index >= 15 is 0 Å². The molecule has 4 amide bonds. The second-order valence-corrected chi connectivity index (χ2v) is 29.6. The summed E-state index contributed by atoms with van der Waals surface area (Å²) in [5.74, 6) is 1.17. The van der Waals surface area contributed by atoms with Crippen LogP contribution in [0.2, 0.25) is 0 Å². The number of H-pyrrole nitrogens is 2. The molecule has 0 aliphatic carbocycles. The molecule has 4 bridgehead atoms. The monoisotopic (exact) mass is 1160 g/mol. The van der Waals surface area contributed by atoms with E-state index in [1.165, 1.54) is 60.2 Å². The van der Waals surface area contributed by atoms with Gasteiger partial charge in [-0.1, -0.05) is 54.3 Å². The maximum absolute atomic E-state index is 14.0. The van der Waals surface area contributed by atoms with Crippen LogP contribution in [0.1, 0.15) is 154 Å². The molecular weight excluding hydrogens is 1080 g/mol. The molecule has 13 rings (SSSR count). The molecular formula is C67H86N8O4S3. The number of hydrogen-bond donors (Lipinski definition) is 5. The summed E-state index contributed by atoms with van der Waals surface area (Å²) in [6.45, 7) is 26.6. The van der Waals surface area contributed by atoms with Crippen molar-refractivity contribution < 1.29 is 20.6 Å². The van der Waals surface area contributed by atoms with Gasteiger partial charge in [-0.05, 0) is 177 Å². The van der Waals surface area contributed by atoms with Gasteiger partial charge in [0.25, 0.3) is 0 Å². The second-order valence-electron chi connectivity index (χ2n) is 26.5. The zero-order valence-electron chi connectivity index (χ0n) is 49.8. The first-order valence-electron chi connectivity index (χ1n) is 30.4. The van der Waals surface area contributed by atoms with Gasteiger partial charge in [0.2, 0.25) is 23.6 Å². The van der Waals surface area contributed by atoms with E-state index in [0.29, 0.717) is 37.3 Å². The summed E-state index contributed by atoms with van der Waals surface area (Å²) in [6, 6.07) is 23.8. The fourth-order valence-electron chi connectivity index (χ4n) is 14.6. The molecule has 0 unspecified atom stereocenters. The number of hydrogen-bond acceptors (Lipinski definition) is 9. The number of aromatic nitrogens is 2. The minimum Gasteiger partial charge on any atom is -0.355 e. The molecule has 436 valence electrons. The molecule has 15 heteroatoms. The molecule has 11 heterocycles. The molecule has 82 heavy (non-hydrogen) atoms. The highest BCUT2D eigenvalue weighted by atomic mass is 32.1. The number of aryl methyl sites for hydroxylation is 4. The first kappa shape index (κ1) is 56.9. The van der Waals surface area contributed by atoms with Crippen molar-refractivity contribution in [3.8, 4) is 22.5 Å². The fourth-order valence-corrected chi connectivity index (χ4v) is 17.7. The Morgan fingerprint density at radius 2 is 1.00 bits per heavy atom. The lowest BCUT2D eigenvalue weighted by molar-refractivity contribution is -0.138. The topological polar surface area (TPSA) is 146 Å². The molecule has 5 N–H and O–H groups in total. The number of aromatic amines is 2. The van der Waals surface area contributed by atoms with Gasteiger partial charge in [0.05, 0.1) is 34.1 Å². The lowest BCUT2D eigenvalue weighted by Gasteiger charge is -2.38. The smallest absolute Gasteiger partial charge is 0.233 e. The third-order valence-corrected chi connectivity index (χ3v) is 23.0. The molecule has 6 fully saturated rings. The Bertz CT molecular complexity index is 3480. The molecule has 5 aromatic heterocycles. The van der Waals surface area contributed by atoms with Crippen molar-refractivity contribution in [1.29, 1.82) is 0 Å². The second kappa shape index (κ2) is 22.4. The normalized spacial score (nSPS) is 21.7. The molecule has 7 aromatic rings. The number of nitrogens with one attached hydrogen (secondary N) is 5. The fraction of sp³-hybridized carbons (Fsp3) is 0.522. The van der Waals surface area contributed by atoms with E-state index < -0.39 is 10.8 Å². The van der Waals surface area contributed by atoms with E-state index in [2.05, 4.69) is 176 Å². The highest BCUT2D eigenvalue weighted by molar-refractivity contribution is 7.19. The van der Waals surface area contributed by atoms with Gasteiger partial charge in [0.1, 0.15) is 9.66 Å². The Hall–Kier alpha value is -5.58. The van der Waals surface area contributed by atoms with Crippen LogP contribution in [0, 0.1) is 39.5 Å². The largest absolute Gasteiger partial charge is 0.355 e. The molecule has 6 saturated heterocycles. The Morgan fingerprint density at radius 1 is 0.598 bits per heavy atom. The summed E-state index contributed by atoms with van der Waals surface area (Å²) in [6.07, 6.45) is 9.22. The van der Waals surface area contributed by atoms with Gasteiger partial charge in [-0.2, -0.15) is 0 Å². The van der Waals surface area contributed by atoms with Gasteiger partial charge in [-0.15, -0.1) is 34.0 Å². The Balaban J connectivity index is 0.000000173. The van der Waals surface area contributed by atoms with Crippen LogP contribution < -0.4 is 16.0 Å². The van der Waals surface area contributed by atoms with E-state index in [9.17, 15) is 19.2 Å². The Kier molecular flexibility index (Phi) is 15.6. The van der Waals surface area contributed by atoms with Gasteiger partial charge in [0.15, 0.2) is 0 Å². The molecule has 2 aromatic carbocycles. The number of carbonyl (C=O) groups excluding carboxylic acids is 4. The van der Waals surface area contributed by atoms with Gasteiger partial charge in [-0.25, -0.2) is 0 Å². The predicted octanol–water partition coefficient (Wildman–Crippen LogP) is 13.0. The molecule has 2 atom stereocenters. The van der Waals surface area contributed by atoms with E-state index in [0.717, 1.165) is 115 Å². The molecule has 0 saturated carbocycles. The van der Waals surface area contributed by atoms with Crippen molar-refractivity contribution in [2.24, 2.45) is 11.8 Å². The van der Waals surface area contributed by atoms with Crippen LogP contribution in [0.3, 0.4) is 0 Å². The van der Waals surface area contributed by atoms with E-state index in [4.69, 9.17) is 0 Å². The van der Waals surface area contributed by atoms with Crippen LogP contribution >= 0.6 is 34.0 Å². The van der Waals surface area contributed by atoms with Crippen LogP contribution in [-0.4, -0.2) is 112 Å². The maximum atomic E-state index is 14.0. The van der Waals surface area contributed by atoms with Crippen molar-refractivity contribution >= 4 is 78.1 Å². The van der Waals surface area contributed by atoms with Crippen LogP contribution in [0.4, 0.5) is 0 Å². The van der Waals surface area contributed by atoms with E-state index in [-0.39, 0.29) is 48.7 Å². The Morgan fingerprint density at radius 3 is 1.37 bits per heavy atom. The summed E-state index contributed by atoms with van der Waals surface area (Å²) in [7, 11) is 0. The van der Waals surface area contributed by atoms with Crippen LogP contribution in [0.25, 0.3) is 42.9 Å². The zero-order valence-corrected chi connectivity index (χ0v) is 52.2. The van der Waals surface area contributed by atoms with Crippen LogP contribution in [-0.2, 0) is 36.6 Å². The van der Waals surface area contributed by atoms with E-state index in [1.807, 2.05) is 0 Å². The number of thiophene rings is 3. The van der Waals surface area contributed by atoms with Gasteiger partial charge >= 0.3 is 0 Å². The van der Waals surface area contributed by atoms with Crippen molar-refractivity contribution in [3.63, 3.8) is 0 Å². The zero-order chi connectivity index (χ0) is 57.5. The lowest BCUT2D eigenvalue weighted by atomic mass is 9.88. The minimum absolute atomic E-state index is 0. The van der Waals surface area contributed by atoms with Gasteiger partial charge in [-0.3, -0.25) is 24.1 Å². The van der Waals surface area contributed by atoms with Crippen molar-refractivity contribution in [2.75, 3.05) is 39.3 Å². The summed E-state index contributed by atoms with van der Waals surface area (Å²) >= 11 is 5.20. The highest BCUT2D eigenvalue weighted by Crippen LogP contribution is 2.48. The number of likely N-dealkylation sites (tertiary alicyclic amines) is 1. The van der Waals surface area contributed by atoms with Crippen molar-refractivity contribution in [1.82, 2.24) is 40.6 Å². The molecule has 6 aliphatic heterocycles. The van der Waals surface area contributed by atoms with E-state index in [1.54, 1.807) is 34.0 Å². The van der Waals surface area contributed by atoms with Crippen LogP contribution in [0.15, 0.2) is 66.0 Å². The number of nitrogens with zero attached hydrogens (tertiary/aromatic N) is 3. The number of fused-ring (bicyclic) bond motifs is 6. The third-order valence-electron chi connectivity index (χ3n) is 19.3. The first-order valence-corrected chi connectivity index (χ1v) is 32.9. The summed E-state index contributed by atoms with van der Waals surface area (Å²) in [5, 5.41) is 14.1. The summed E-state index contributed by atoms with van der Waals surface area (Å²) in [4.78, 5) is 73.7. The standard InChI is InChI=1S/C36H44N4O2S2.C31H40N4O2S.H2/c1-21-13-22(2)15-24(14-21)32-31(23(3)17-37-33(41)25-18-39(19-25)20-28-7-6-12-43-28)29-16-30(44-34(29)38-32)36(4,5)35(42)40-26-8-9-27(40)11-10-26;1-17-10-18(2)12-20(11-17)27-26(19(3)14-33-28(36)21-15-32-16-21)24-13-25(38-29(24)34-27)31(4,5)30(37)35-22-6-7-23(35)9-8-22;/h6-7,12-16,23,25-27,38H,8-11,17-20H2,1-5H3,(H,37,41);10-13,19,21-23,32,34H,6-9,14-16H2,1-5H3,(H,33,36);1H/t23-,26?,27?;19-,22?,23?;/m11./s1/i;;1+1. The summed E-state index contributed by atoms with van der Waals surface area (Å²) < 4.78 is 0. The first-order chi connectivity index (χ1) is 39.2. The predicted molar refractivity (Wildman–Crippen MR) is 338 cm³/mol. The lowest BCUT2D eigenvalue weighted by Crippen LogP contribution is -2.53. The van der Waals surface area contributed by atoms with Crippen molar-refractivity contribution in [3.05, 3.63) is 114 Å². The van der Waals surface area contributed by atoms with Gasteiger partial charge in [0, 0.05) is 109 Å². The number of benzene rings is 2. The maximum Gasteiger partial charge on any atom is 0.233 e. The highest BCUT2D eigenvalue weighted by Gasteiger charge is 2.49. The van der Waals surface area contributed by atoms with Crippen molar-refractivity contribution in [2.45, 2.75) is 174 Å². The SMILES string of the molecule is Cc1cc(C)cc(-c2[nH]c3sc(C(C)(C)C(=O)N4C5CCC4CC5)cc3c2[C@H](C)CNC(=O)C2CN(Cc3cccs3)C2)c1.Cc1cc(C)cc(-c2[nH]c3sc(C(C)(C)C(=O)N4C5CCC4CC5)cc3c2[C@H](C)CNC(=O)C2CNC2)c1.[2HH]. The van der Waals surface area contributed by atoms with Crippen LogP contribution in [0.5, 0.6) is 0 Å². The Labute approximate surface area is 498 Å². The van der Waals surface area contributed by atoms with Gasteiger partial charge < -0.3 is 35.7 Å². The third kappa shape index (κ3) is 10.7. The molecule has 6 aliphatic rings. The average Bonchev–Trinajstić information content (AvgIpc) is 3.08. The average molecular weight is 1160 g/mol. The quantitative estimate of drug-likeness (QED) is 0.0651. The molecule has 0 spiro atoms. The molecule has 12 nitrogen and oxygen atoms in total. The number of amides is 4. The summed E-state index contributed by atoms with van der Waals surface area (Å²) in [5.41, 5.74) is 10.8. The number of rotatable bonds is 16. The minimum atomic E-state index is -0.580. The molecule has 0 radical (unpaired) electrons.